The number of allylic oxidation sites excluding steroid dienone is 2. The molecule has 4 rings (SSSR count). The lowest BCUT2D eigenvalue weighted by Crippen LogP contribution is -1.99. The summed E-state index contributed by atoms with van der Waals surface area (Å²) in [7, 11) is 0. The number of aromatic hydroxyl groups is 2. The van der Waals surface area contributed by atoms with E-state index >= 15 is 0 Å². The van der Waals surface area contributed by atoms with E-state index in [0.717, 1.165) is 28.3 Å². The molecule has 2 unspecified atom stereocenters. The summed E-state index contributed by atoms with van der Waals surface area (Å²) in [4.78, 5) is 0. The molecule has 0 heterocycles. The van der Waals surface area contributed by atoms with Crippen LogP contribution < -0.4 is 0 Å². The Labute approximate surface area is 105 Å². The van der Waals surface area contributed by atoms with Crippen LogP contribution in [0.3, 0.4) is 0 Å². The molecule has 0 saturated heterocycles. The number of hydrogen-bond acceptors (Lipinski definition) is 2. The smallest absolute Gasteiger partial charge is 0.127 e. The molecule has 2 aliphatic carbocycles. The van der Waals surface area contributed by atoms with E-state index in [0.29, 0.717) is 17.4 Å². The van der Waals surface area contributed by atoms with Crippen LogP contribution >= 0.6 is 0 Å². The summed E-state index contributed by atoms with van der Waals surface area (Å²) < 4.78 is 0. The summed E-state index contributed by atoms with van der Waals surface area (Å²) in [6, 6.07) is 7.52. The van der Waals surface area contributed by atoms with Crippen LogP contribution in [0.5, 0.6) is 11.5 Å². The van der Waals surface area contributed by atoms with Gasteiger partial charge in [0.05, 0.1) is 0 Å². The van der Waals surface area contributed by atoms with E-state index in [-0.39, 0.29) is 5.92 Å². The van der Waals surface area contributed by atoms with Gasteiger partial charge in [-0.1, -0.05) is 35.9 Å². The van der Waals surface area contributed by atoms with Gasteiger partial charge in [-0.3, -0.25) is 0 Å². The predicted octanol–water partition coefficient (Wildman–Crippen LogP) is 3.78. The molecule has 2 aliphatic rings. The SMILES string of the molecule is CC1=CC2CC1c1c2c(O)c2ccccc2c1O. The predicted molar refractivity (Wildman–Crippen MR) is 71.1 cm³/mol. The minimum absolute atomic E-state index is 0.278. The number of hydrogen-bond donors (Lipinski definition) is 2. The average Bonchev–Trinajstić information content (AvgIpc) is 2.92. The van der Waals surface area contributed by atoms with E-state index in [9.17, 15) is 10.2 Å². The van der Waals surface area contributed by atoms with Gasteiger partial charge in [0, 0.05) is 33.7 Å². The molecule has 2 aromatic rings. The average molecular weight is 238 g/mol. The first-order valence-corrected chi connectivity index (χ1v) is 6.33. The molecule has 18 heavy (non-hydrogen) atoms. The van der Waals surface area contributed by atoms with Crippen molar-refractivity contribution in [2.75, 3.05) is 0 Å². The Kier molecular flexibility index (Phi) is 1.71. The summed E-state index contributed by atoms with van der Waals surface area (Å²) in [6.45, 7) is 2.11. The third-order valence-corrected chi connectivity index (χ3v) is 4.46. The fraction of sp³-hybridized carbons (Fsp3) is 0.250. The van der Waals surface area contributed by atoms with E-state index in [4.69, 9.17) is 0 Å². The minimum atomic E-state index is 0.278. The Morgan fingerprint density at radius 3 is 2.28 bits per heavy atom. The van der Waals surface area contributed by atoms with E-state index in [1.165, 1.54) is 5.57 Å². The maximum absolute atomic E-state index is 10.5. The van der Waals surface area contributed by atoms with E-state index in [1.807, 2.05) is 24.3 Å². The first kappa shape index (κ1) is 10.0. The Hall–Kier alpha value is -1.96. The molecule has 0 fully saturated rings. The van der Waals surface area contributed by atoms with E-state index in [2.05, 4.69) is 13.0 Å². The molecule has 2 bridgehead atoms. The van der Waals surface area contributed by atoms with Crippen LogP contribution in [0.1, 0.15) is 36.3 Å². The zero-order chi connectivity index (χ0) is 12.4. The molecule has 0 aromatic heterocycles. The van der Waals surface area contributed by atoms with Crippen LogP contribution in [-0.4, -0.2) is 10.2 Å². The highest BCUT2D eigenvalue weighted by atomic mass is 16.3. The zero-order valence-electron chi connectivity index (χ0n) is 10.1. The monoisotopic (exact) mass is 238 g/mol. The highest BCUT2D eigenvalue weighted by Crippen LogP contribution is 2.59. The molecule has 0 saturated carbocycles. The summed E-state index contributed by atoms with van der Waals surface area (Å²) in [5.41, 5.74) is 3.22. The first-order valence-electron chi connectivity index (χ1n) is 6.33. The van der Waals surface area contributed by atoms with Crippen LogP contribution in [0, 0.1) is 0 Å². The van der Waals surface area contributed by atoms with Crippen molar-refractivity contribution >= 4 is 10.8 Å². The second-order valence-corrected chi connectivity index (χ2v) is 5.38. The first-order chi connectivity index (χ1) is 8.68. The lowest BCUT2D eigenvalue weighted by atomic mass is 9.87. The third-order valence-electron chi connectivity index (χ3n) is 4.46. The number of rotatable bonds is 0. The van der Waals surface area contributed by atoms with Crippen LogP contribution in [0.15, 0.2) is 35.9 Å². The Morgan fingerprint density at radius 1 is 1.00 bits per heavy atom. The third kappa shape index (κ3) is 0.993. The molecule has 90 valence electrons. The van der Waals surface area contributed by atoms with Crippen molar-refractivity contribution in [1.82, 2.24) is 0 Å². The van der Waals surface area contributed by atoms with Gasteiger partial charge in [0.15, 0.2) is 0 Å². The van der Waals surface area contributed by atoms with Gasteiger partial charge in [-0.05, 0) is 13.3 Å². The summed E-state index contributed by atoms with van der Waals surface area (Å²) in [5, 5.41) is 22.5. The van der Waals surface area contributed by atoms with E-state index in [1.54, 1.807) is 0 Å². The molecular weight excluding hydrogens is 224 g/mol. The lowest BCUT2D eigenvalue weighted by molar-refractivity contribution is 0.459. The molecular formula is C16H14O2. The Bertz CT molecular complexity index is 713. The van der Waals surface area contributed by atoms with Crippen molar-refractivity contribution in [1.29, 1.82) is 0 Å². The molecule has 2 atom stereocenters. The molecule has 2 nitrogen and oxygen atoms in total. The van der Waals surface area contributed by atoms with Crippen LogP contribution in [-0.2, 0) is 0 Å². The Balaban J connectivity index is 2.17. The van der Waals surface area contributed by atoms with Crippen molar-refractivity contribution in [3.05, 3.63) is 47.0 Å². The second-order valence-electron chi connectivity index (χ2n) is 5.38. The standard InChI is InChI=1S/C16H14O2/c1-8-6-9-7-12(8)14-13(9)15(17)10-4-2-3-5-11(10)16(14)18/h2-6,9,12,17-18H,7H2,1H3. The molecule has 2 N–H and O–H groups in total. The molecule has 2 aromatic carbocycles. The van der Waals surface area contributed by atoms with Crippen molar-refractivity contribution in [3.63, 3.8) is 0 Å². The van der Waals surface area contributed by atoms with Crippen LogP contribution in [0.2, 0.25) is 0 Å². The molecule has 0 aliphatic heterocycles. The number of benzene rings is 2. The number of phenolic OH excluding ortho intramolecular Hbond substituents is 2. The normalized spacial score (nSPS) is 24.4. The molecule has 0 amide bonds. The largest absolute Gasteiger partial charge is 0.507 e. The summed E-state index contributed by atoms with van der Waals surface area (Å²) in [5.74, 6) is 1.29. The van der Waals surface area contributed by atoms with Crippen LogP contribution in [0.4, 0.5) is 0 Å². The summed E-state index contributed by atoms with van der Waals surface area (Å²) >= 11 is 0. The van der Waals surface area contributed by atoms with Crippen molar-refractivity contribution in [3.8, 4) is 11.5 Å². The fourth-order valence-corrected chi connectivity index (χ4v) is 3.66. The van der Waals surface area contributed by atoms with Gasteiger partial charge >= 0.3 is 0 Å². The van der Waals surface area contributed by atoms with Gasteiger partial charge in [-0.2, -0.15) is 0 Å². The maximum Gasteiger partial charge on any atom is 0.127 e. The number of phenols is 2. The van der Waals surface area contributed by atoms with Gasteiger partial charge in [-0.15, -0.1) is 0 Å². The second kappa shape index (κ2) is 3.08. The summed E-state index contributed by atoms with van der Waals surface area (Å²) in [6.07, 6.45) is 3.22. The Morgan fingerprint density at radius 2 is 1.61 bits per heavy atom. The minimum Gasteiger partial charge on any atom is -0.507 e. The van der Waals surface area contributed by atoms with Crippen molar-refractivity contribution < 1.29 is 10.2 Å². The van der Waals surface area contributed by atoms with Gasteiger partial charge in [0.1, 0.15) is 11.5 Å². The topological polar surface area (TPSA) is 40.5 Å². The van der Waals surface area contributed by atoms with Gasteiger partial charge < -0.3 is 10.2 Å². The van der Waals surface area contributed by atoms with Gasteiger partial charge in [0.2, 0.25) is 0 Å². The van der Waals surface area contributed by atoms with Crippen LogP contribution in [0.25, 0.3) is 10.8 Å². The highest BCUT2D eigenvalue weighted by molar-refractivity contribution is 5.97. The van der Waals surface area contributed by atoms with Gasteiger partial charge in [0.25, 0.3) is 0 Å². The lowest BCUT2D eigenvalue weighted by Gasteiger charge is -2.19. The van der Waals surface area contributed by atoms with Gasteiger partial charge in [-0.25, -0.2) is 0 Å². The highest BCUT2D eigenvalue weighted by Gasteiger charge is 2.41. The fourth-order valence-electron chi connectivity index (χ4n) is 3.66. The molecule has 0 radical (unpaired) electrons. The molecule has 2 heteroatoms. The van der Waals surface area contributed by atoms with E-state index < -0.39 is 0 Å². The number of fused-ring (bicyclic) bond motifs is 6. The van der Waals surface area contributed by atoms with Crippen molar-refractivity contribution in [2.45, 2.75) is 25.2 Å². The zero-order valence-corrected chi connectivity index (χ0v) is 10.1. The molecule has 0 spiro atoms. The quantitative estimate of drug-likeness (QED) is 0.541. The van der Waals surface area contributed by atoms with Crippen molar-refractivity contribution in [2.24, 2.45) is 0 Å². The maximum atomic E-state index is 10.5.